The molecule has 1 aromatic carbocycles. The van der Waals surface area contributed by atoms with E-state index < -0.39 is 6.10 Å². The van der Waals surface area contributed by atoms with E-state index in [9.17, 15) is 9.59 Å². The van der Waals surface area contributed by atoms with Crippen LogP contribution >= 0.6 is 11.3 Å². The second-order valence-electron chi connectivity index (χ2n) is 4.40. The molecule has 0 saturated carbocycles. The van der Waals surface area contributed by atoms with Gasteiger partial charge in [-0.2, -0.15) is 0 Å². The number of hydrogen-bond acceptors (Lipinski definition) is 4. The highest BCUT2D eigenvalue weighted by Crippen LogP contribution is 2.36. The van der Waals surface area contributed by atoms with Crippen LogP contribution < -0.4 is 14.5 Å². The van der Waals surface area contributed by atoms with Gasteiger partial charge in [0.1, 0.15) is 5.75 Å². The number of carbonyl (C=O) groups is 1. The summed E-state index contributed by atoms with van der Waals surface area (Å²) in [6.45, 7) is 1.73. The van der Waals surface area contributed by atoms with Crippen molar-refractivity contribution in [1.82, 2.24) is 4.98 Å². The largest absolute Gasteiger partial charge is 0.479 e. The first-order chi connectivity index (χ1) is 9.06. The van der Waals surface area contributed by atoms with Crippen LogP contribution in [0.15, 0.2) is 28.4 Å². The number of nitrogens with zero attached hydrogens (tertiary/aromatic N) is 1. The van der Waals surface area contributed by atoms with Gasteiger partial charge in [-0.25, -0.2) is 0 Å². The zero-order valence-corrected chi connectivity index (χ0v) is 11.3. The van der Waals surface area contributed by atoms with Crippen molar-refractivity contribution in [2.75, 3.05) is 11.9 Å². The highest BCUT2D eigenvalue weighted by molar-refractivity contribution is 7.07. The number of rotatable bonds is 1. The fraction of sp³-hybridized carbons (Fsp3) is 0.231. The maximum absolute atomic E-state index is 11.9. The monoisotopic (exact) mass is 276 g/mol. The van der Waals surface area contributed by atoms with E-state index in [1.165, 1.54) is 0 Å². The predicted octanol–water partition coefficient (Wildman–Crippen LogP) is 1.85. The molecule has 0 aliphatic carbocycles. The summed E-state index contributed by atoms with van der Waals surface area (Å²) in [4.78, 5) is 27.3. The first-order valence-corrected chi connectivity index (χ1v) is 6.70. The molecule has 2 aromatic rings. The van der Waals surface area contributed by atoms with Crippen molar-refractivity contribution in [3.8, 4) is 17.0 Å². The molecular formula is C13H12N2O3S. The fourth-order valence-electron chi connectivity index (χ4n) is 2.10. The Morgan fingerprint density at radius 3 is 2.84 bits per heavy atom. The van der Waals surface area contributed by atoms with Crippen molar-refractivity contribution in [3.63, 3.8) is 0 Å². The molecule has 2 heterocycles. The Balaban J connectivity index is 2.09. The van der Waals surface area contributed by atoms with E-state index in [2.05, 4.69) is 4.98 Å². The Bertz CT molecular complexity index is 704. The predicted molar refractivity (Wildman–Crippen MR) is 73.9 cm³/mol. The topological polar surface area (TPSA) is 62.4 Å². The number of ether oxygens (including phenoxy) is 1. The molecule has 3 rings (SSSR count). The van der Waals surface area contributed by atoms with Crippen molar-refractivity contribution in [2.24, 2.45) is 0 Å². The molecule has 0 spiro atoms. The Kier molecular flexibility index (Phi) is 2.67. The standard InChI is InChI=1S/C13H12N2O3S/c1-7-12(16)15(2)10-5-8(3-4-11(10)18-7)9-6-19-13(17)14-9/h3-7H,1-2H3,(H,14,17). The van der Waals surface area contributed by atoms with Crippen LogP contribution in [0.4, 0.5) is 5.69 Å². The number of benzene rings is 1. The van der Waals surface area contributed by atoms with Crippen LogP contribution in [0.5, 0.6) is 5.75 Å². The summed E-state index contributed by atoms with van der Waals surface area (Å²) in [5.74, 6) is 0.597. The molecule has 1 amide bonds. The molecule has 1 aliphatic heterocycles. The number of amides is 1. The summed E-state index contributed by atoms with van der Waals surface area (Å²) in [5.41, 5.74) is 2.32. The van der Waals surface area contributed by atoms with Gasteiger partial charge in [-0.1, -0.05) is 11.3 Å². The number of nitrogens with one attached hydrogen (secondary N) is 1. The van der Waals surface area contributed by atoms with E-state index in [1.54, 1.807) is 24.3 Å². The average molecular weight is 276 g/mol. The van der Waals surface area contributed by atoms with Crippen LogP contribution in [0.3, 0.4) is 0 Å². The molecule has 1 aromatic heterocycles. The van der Waals surface area contributed by atoms with Gasteiger partial charge in [-0.3, -0.25) is 9.59 Å². The second-order valence-corrected chi connectivity index (χ2v) is 5.24. The highest BCUT2D eigenvalue weighted by atomic mass is 32.1. The van der Waals surface area contributed by atoms with Gasteiger partial charge >= 0.3 is 4.87 Å². The summed E-state index contributed by atoms with van der Waals surface area (Å²) in [6, 6.07) is 5.53. The minimum Gasteiger partial charge on any atom is -0.479 e. The molecule has 1 aliphatic rings. The van der Waals surface area contributed by atoms with Crippen LogP contribution in [0, 0.1) is 0 Å². The highest BCUT2D eigenvalue weighted by Gasteiger charge is 2.29. The van der Waals surface area contributed by atoms with Gasteiger partial charge in [0.2, 0.25) is 0 Å². The van der Waals surface area contributed by atoms with E-state index in [-0.39, 0.29) is 10.8 Å². The molecule has 1 atom stereocenters. The molecule has 19 heavy (non-hydrogen) atoms. The van der Waals surface area contributed by atoms with E-state index in [1.807, 2.05) is 18.2 Å². The Labute approximate surface area is 113 Å². The van der Waals surface area contributed by atoms with E-state index in [0.717, 1.165) is 22.6 Å². The molecule has 98 valence electrons. The lowest BCUT2D eigenvalue weighted by Crippen LogP contribution is -2.41. The maximum atomic E-state index is 11.9. The number of H-pyrrole nitrogens is 1. The maximum Gasteiger partial charge on any atom is 0.304 e. The Hall–Kier alpha value is -2.08. The van der Waals surface area contributed by atoms with Crippen LogP contribution in [0.25, 0.3) is 11.3 Å². The summed E-state index contributed by atoms with van der Waals surface area (Å²) < 4.78 is 5.55. The van der Waals surface area contributed by atoms with Gasteiger partial charge in [0.15, 0.2) is 6.10 Å². The molecule has 1 unspecified atom stereocenters. The van der Waals surface area contributed by atoms with Gasteiger partial charge in [0, 0.05) is 18.0 Å². The lowest BCUT2D eigenvalue weighted by Gasteiger charge is -2.30. The lowest BCUT2D eigenvalue weighted by molar-refractivity contribution is -0.125. The normalized spacial score (nSPS) is 18.1. The van der Waals surface area contributed by atoms with Crippen LogP contribution in [0.1, 0.15) is 6.92 Å². The molecule has 5 nitrogen and oxygen atoms in total. The minimum atomic E-state index is -0.468. The summed E-state index contributed by atoms with van der Waals surface area (Å²) >= 11 is 1.12. The molecule has 0 fully saturated rings. The minimum absolute atomic E-state index is 0.0801. The van der Waals surface area contributed by atoms with Gasteiger partial charge < -0.3 is 14.6 Å². The number of fused-ring (bicyclic) bond motifs is 1. The number of aromatic nitrogens is 1. The number of anilines is 1. The van der Waals surface area contributed by atoms with Gasteiger partial charge in [0.05, 0.1) is 11.4 Å². The molecule has 0 saturated heterocycles. The van der Waals surface area contributed by atoms with E-state index >= 15 is 0 Å². The van der Waals surface area contributed by atoms with Crippen LogP contribution in [0.2, 0.25) is 0 Å². The third-order valence-corrected chi connectivity index (χ3v) is 3.80. The van der Waals surface area contributed by atoms with Crippen molar-refractivity contribution >= 4 is 22.9 Å². The van der Waals surface area contributed by atoms with Gasteiger partial charge in [0.25, 0.3) is 5.91 Å². The van der Waals surface area contributed by atoms with Crippen molar-refractivity contribution in [2.45, 2.75) is 13.0 Å². The van der Waals surface area contributed by atoms with Crippen molar-refractivity contribution in [1.29, 1.82) is 0 Å². The van der Waals surface area contributed by atoms with Crippen LogP contribution in [-0.2, 0) is 4.79 Å². The van der Waals surface area contributed by atoms with Crippen molar-refractivity contribution in [3.05, 3.63) is 33.2 Å². The fourth-order valence-corrected chi connectivity index (χ4v) is 2.69. The molecular weight excluding hydrogens is 264 g/mol. The first kappa shape index (κ1) is 12.0. The number of carbonyl (C=O) groups excluding carboxylic acids is 1. The third kappa shape index (κ3) is 1.94. The third-order valence-electron chi connectivity index (χ3n) is 3.13. The first-order valence-electron chi connectivity index (χ1n) is 5.83. The number of likely N-dealkylation sites (N-methyl/N-ethyl adjacent to an activating group) is 1. The van der Waals surface area contributed by atoms with Gasteiger partial charge in [-0.15, -0.1) is 0 Å². The number of aromatic amines is 1. The molecule has 0 bridgehead atoms. The average Bonchev–Trinajstić information content (AvgIpc) is 2.83. The molecule has 6 heteroatoms. The lowest BCUT2D eigenvalue weighted by atomic mass is 10.1. The summed E-state index contributed by atoms with van der Waals surface area (Å²) in [5, 5.41) is 1.76. The SMILES string of the molecule is CC1Oc2ccc(-c3csc(=O)[nH]3)cc2N(C)C1=O. The van der Waals surface area contributed by atoms with Gasteiger partial charge in [-0.05, 0) is 25.1 Å². The molecule has 1 N–H and O–H groups in total. The zero-order valence-electron chi connectivity index (χ0n) is 10.5. The zero-order chi connectivity index (χ0) is 13.6. The van der Waals surface area contributed by atoms with Crippen molar-refractivity contribution < 1.29 is 9.53 Å². The van der Waals surface area contributed by atoms with E-state index in [4.69, 9.17) is 4.74 Å². The van der Waals surface area contributed by atoms with E-state index in [0.29, 0.717) is 11.4 Å². The smallest absolute Gasteiger partial charge is 0.304 e. The number of thiazole rings is 1. The Morgan fingerprint density at radius 2 is 2.16 bits per heavy atom. The summed E-state index contributed by atoms with van der Waals surface area (Å²) in [7, 11) is 1.72. The van der Waals surface area contributed by atoms with Crippen LogP contribution in [-0.4, -0.2) is 24.0 Å². The summed E-state index contributed by atoms with van der Waals surface area (Å²) in [6.07, 6.45) is -0.468. The molecule has 0 radical (unpaired) electrons. The Morgan fingerprint density at radius 1 is 1.37 bits per heavy atom. The number of hydrogen-bond donors (Lipinski definition) is 1. The quantitative estimate of drug-likeness (QED) is 0.864. The second kappa shape index (κ2) is 4.24.